The van der Waals surface area contributed by atoms with Crippen molar-refractivity contribution in [1.29, 1.82) is 0 Å². The van der Waals surface area contributed by atoms with Crippen molar-refractivity contribution in [3.63, 3.8) is 0 Å². The van der Waals surface area contributed by atoms with Gasteiger partial charge in [0, 0.05) is 36.2 Å². The molecule has 0 unspecified atom stereocenters. The van der Waals surface area contributed by atoms with Crippen molar-refractivity contribution in [2.75, 3.05) is 20.3 Å². The van der Waals surface area contributed by atoms with E-state index in [0.29, 0.717) is 13.1 Å². The number of hydrogen-bond donors (Lipinski definition) is 1. The number of carbonyl (C=O) groups excluding carboxylic acids is 1. The lowest BCUT2D eigenvalue weighted by Crippen LogP contribution is -2.38. The SMILES string of the molecule is COc1cccc2c3c([nH]c12)CCN(C(=O)COc1ccccc1C)C3. The number of rotatable bonds is 4. The molecule has 0 atom stereocenters. The summed E-state index contributed by atoms with van der Waals surface area (Å²) in [5.41, 5.74) is 4.40. The molecule has 2 heterocycles. The minimum absolute atomic E-state index is 0.0103. The third-order valence-corrected chi connectivity index (χ3v) is 4.99. The second-order valence-corrected chi connectivity index (χ2v) is 6.58. The summed E-state index contributed by atoms with van der Waals surface area (Å²) >= 11 is 0. The van der Waals surface area contributed by atoms with Crippen LogP contribution >= 0.6 is 0 Å². The van der Waals surface area contributed by atoms with Crippen LogP contribution in [0.2, 0.25) is 0 Å². The molecule has 0 aliphatic carbocycles. The molecule has 0 spiro atoms. The highest BCUT2D eigenvalue weighted by Gasteiger charge is 2.25. The monoisotopic (exact) mass is 350 g/mol. The molecule has 1 aromatic heterocycles. The van der Waals surface area contributed by atoms with Crippen LogP contribution in [0.1, 0.15) is 16.8 Å². The zero-order valence-electron chi connectivity index (χ0n) is 15.0. The summed E-state index contributed by atoms with van der Waals surface area (Å²) in [5.74, 6) is 1.60. The molecular formula is C21H22N2O3. The van der Waals surface area contributed by atoms with Crippen molar-refractivity contribution in [3.8, 4) is 11.5 Å². The van der Waals surface area contributed by atoms with E-state index in [1.54, 1.807) is 7.11 Å². The van der Waals surface area contributed by atoms with Gasteiger partial charge in [-0.1, -0.05) is 30.3 Å². The topological polar surface area (TPSA) is 54.6 Å². The number of nitrogens with one attached hydrogen (secondary N) is 1. The molecule has 0 fully saturated rings. The Morgan fingerprint density at radius 1 is 1.15 bits per heavy atom. The van der Waals surface area contributed by atoms with Crippen molar-refractivity contribution in [1.82, 2.24) is 9.88 Å². The van der Waals surface area contributed by atoms with Gasteiger partial charge in [0.25, 0.3) is 5.91 Å². The van der Waals surface area contributed by atoms with E-state index in [1.807, 2.05) is 48.2 Å². The number of ether oxygens (including phenoxy) is 2. The molecule has 5 heteroatoms. The highest BCUT2D eigenvalue weighted by atomic mass is 16.5. The molecular weight excluding hydrogens is 328 g/mol. The third kappa shape index (κ3) is 2.90. The molecule has 2 aromatic carbocycles. The van der Waals surface area contributed by atoms with Gasteiger partial charge in [-0.3, -0.25) is 4.79 Å². The number of nitrogens with zero attached hydrogens (tertiary/aromatic N) is 1. The standard InChI is InChI=1S/C21H22N2O3/c1-14-6-3-4-8-18(14)26-13-20(24)23-11-10-17-16(12-23)15-7-5-9-19(25-2)21(15)22-17/h3-9,22H,10-13H2,1-2H3. The number of carbonyl (C=O) groups is 1. The van der Waals surface area contributed by atoms with E-state index in [9.17, 15) is 4.79 Å². The Morgan fingerprint density at radius 2 is 1.96 bits per heavy atom. The first kappa shape index (κ1) is 16.5. The Morgan fingerprint density at radius 3 is 2.77 bits per heavy atom. The van der Waals surface area contributed by atoms with Crippen LogP contribution in [0.25, 0.3) is 10.9 Å². The number of benzene rings is 2. The van der Waals surface area contributed by atoms with Crippen molar-refractivity contribution >= 4 is 16.8 Å². The summed E-state index contributed by atoms with van der Waals surface area (Å²) in [6.07, 6.45) is 0.809. The Hall–Kier alpha value is -2.95. The van der Waals surface area contributed by atoms with E-state index >= 15 is 0 Å². The van der Waals surface area contributed by atoms with Crippen LogP contribution in [0.3, 0.4) is 0 Å². The lowest BCUT2D eigenvalue weighted by Gasteiger charge is -2.27. The molecule has 0 saturated heterocycles. The number of aromatic nitrogens is 1. The maximum absolute atomic E-state index is 12.6. The van der Waals surface area contributed by atoms with Crippen molar-refractivity contribution < 1.29 is 14.3 Å². The van der Waals surface area contributed by atoms with E-state index < -0.39 is 0 Å². The van der Waals surface area contributed by atoms with Crippen LogP contribution < -0.4 is 9.47 Å². The number of fused-ring (bicyclic) bond motifs is 3. The minimum atomic E-state index is 0.0103. The Bertz CT molecular complexity index is 961. The molecule has 1 amide bonds. The van der Waals surface area contributed by atoms with Crippen LogP contribution in [-0.2, 0) is 17.8 Å². The van der Waals surface area contributed by atoms with Gasteiger partial charge in [-0.15, -0.1) is 0 Å². The summed E-state index contributed by atoms with van der Waals surface area (Å²) < 4.78 is 11.2. The van der Waals surface area contributed by atoms with Crippen LogP contribution in [0.4, 0.5) is 0 Å². The maximum atomic E-state index is 12.6. The normalized spacial score (nSPS) is 13.5. The van der Waals surface area contributed by atoms with Crippen molar-refractivity contribution in [2.45, 2.75) is 19.9 Å². The fourth-order valence-electron chi connectivity index (χ4n) is 3.54. The second-order valence-electron chi connectivity index (χ2n) is 6.58. The van der Waals surface area contributed by atoms with Gasteiger partial charge in [0.05, 0.1) is 12.6 Å². The van der Waals surface area contributed by atoms with Crippen LogP contribution in [0.15, 0.2) is 42.5 Å². The lowest BCUT2D eigenvalue weighted by atomic mass is 10.0. The average molecular weight is 350 g/mol. The zero-order valence-corrected chi connectivity index (χ0v) is 15.0. The Balaban J connectivity index is 1.51. The largest absolute Gasteiger partial charge is 0.495 e. The second kappa shape index (κ2) is 6.75. The predicted molar refractivity (Wildman–Crippen MR) is 101 cm³/mol. The van der Waals surface area contributed by atoms with Gasteiger partial charge < -0.3 is 19.4 Å². The number of methoxy groups -OCH3 is 1. The zero-order chi connectivity index (χ0) is 18.1. The number of aromatic amines is 1. The molecule has 0 radical (unpaired) electrons. The number of para-hydroxylation sites is 2. The predicted octanol–water partition coefficient (Wildman–Crippen LogP) is 3.45. The van der Waals surface area contributed by atoms with E-state index in [-0.39, 0.29) is 12.5 Å². The molecule has 0 saturated carbocycles. The summed E-state index contributed by atoms with van der Waals surface area (Å²) in [7, 11) is 1.67. The third-order valence-electron chi connectivity index (χ3n) is 4.99. The molecule has 5 nitrogen and oxygen atoms in total. The summed E-state index contributed by atoms with van der Waals surface area (Å²) in [5, 5.41) is 1.12. The molecule has 1 N–H and O–H groups in total. The average Bonchev–Trinajstić information content (AvgIpc) is 3.05. The van der Waals surface area contributed by atoms with Crippen LogP contribution in [0, 0.1) is 6.92 Å². The van der Waals surface area contributed by atoms with E-state index in [0.717, 1.165) is 34.4 Å². The highest BCUT2D eigenvalue weighted by molar-refractivity contribution is 5.90. The molecule has 3 aromatic rings. The number of hydrogen-bond acceptors (Lipinski definition) is 3. The number of aryl methyl sites for hydroxylation is 1. The summed E-state index contributed by atoms with van der Waals surface area (Å²) in [6, 6.07) is 13.8. The molecule has 0 bridgehead atoms. The molecule has 1 aliphatic heterocycles. The fourth-order valence-corrected chi connectivity index (χ4v) is 3.54. The Kier molecular flexibility index (Phi) is 4.29. The van der Waals surface area contributed by atoms with Gasteiger partial charge in [-0.2, -0.15) is 0 Å². The molecule has 1 aliphatic rings. The van der Waals surface area contributed by atoms with Gasteiger partial charge in [-0.05, 0) is 24.6 Å². The number of amides is 1. The quantitative estimate of drug-likeness (QED) is 0.784. The van der Waals surface area contributed by atoms with Crippen LogP contribution in [-0.4, -0.2) is 36.1 Å². The fraction of sp³-hybridized carbons (Fsp3) is 0.286. The first-order valence-corrected chi connectivity index (χ1v) is 8.80. The summed E-state index contributed by atoms with van der Waals surface area (Å²) in [4.78, 5) is 18.0. The van der Waals surface area contributed by atoms with Gasteiger partial charge in [-0.25, -0.2) is 0 Å². The van der Waals surface area contributed by atoms with Gasteiger partial charge in [0.1, 0.15) is 11.5 Å². The lowest BCUT2D eigenvalue weighted by molar-refractivity contribution is -0.134. The maximum Gasteiger partial charge on any atom is 0.260 e. The van der Waals surface area contributed by atoms with Crippen molar-refractivity contribution in [2.24, 2.45) is 0 Å². The smallest absolute Gasteiger partial charge is 0.260 e. The highest BCUT2D eigenvalue weighted by Crippen LogP contribution is 2.32. The van der Waals surface area contributed by atoms with E-state index in [1.165, 1.54) is 11.3 Å². The van der Waals surface area contributed by atoms with Crippen LogP contribution in [0.5, 0.6) is 11.5 Å². The first-order valence-electron chi connectivity index (χ1n) is 8.80. The molecule has 134 valence electrons. The van der Waals surface area contributed by atoms with E-state index in [2.05, 4.69) is 11.1 Å². The molecule has 26 heavy (non-hydrogen) atoms. The van der Waals surface area contributed by atoms with Crippen molar-refractivity contribution in [3.05, 3.63) is 59.3 Å². The Labute approximate surface area is 152 Å². The molecule has 4 rings (SSSR count). The minimum Gasteiger partial charge on any atom is -0.495 e. The van der Waals surface area contributed by atoms with E-state index in [4.69, 9.17) is 9.47 Å². The summed E-state index contributed by atoms with van der Waals surface area (Å²) in [6.45, 7) is 3.33. The van der Waals surface area contributed by atoms with Gasteiger partial charge >= 0.3 is 0 Å². The van der Waals surface area contributed by atoms with Gasteiger partial charge in [0.2, 0.25) is 0 Å². The van der Waals surface area contributed by atoms with Gasteiger partial charge in [0.15, 0.2) is 6.61 Å². The first-order chi connectivity index (χ1) is 12.7. The number of H-pyrrole nitrogens is 1.